The smallest absolute Gasteiger partial charge is 0.0372 e. The number of benzene rings is 1. The molecular formula is C17H29N. The fourth-order valence-electron chi connectivity index (χ4n) is 2.31. The number of nitrogens with one attached hydrogen (secondary N) is 1. The van der Waals surface area contributed by atoms with Crippen molar-refractivity contribution in [3.63, 3.8) is 0 Å². The van der Waals surface area contributed by atoms with Gasteiger partial charge in [-0.2, -0.15) is 0 Å². The van der Waals surface area contributed by atoms with Gasteiger partial charge in [0.15, 0.2) is 0 Å². The van der Waals surface area contributed by atoms with Crippen molar-refractivity contribution in [2.45, 2.75) is 65.2 Å². The molecule has 1 heteroatoms. The van der Waals surface area contributed by atoms with Crippen molar-refractivity contribution in [3.8, 4) is 0 Å². The van der Waals surface area contributed by atoms with Crippen molar-refractivity contribution in [2.75, 3.05) is 11.9 Å². The highest BCUT2D eigenvalue weighted by Gasteiger charge is 1.99. The first-order valence-corrected chi connectivity index (χ1v) is 7.70. The van der Waals surface area contributed by atoms with Gasteiger partial charge in [0.05, 0.1) is 0 Å². The minimum Gasteiger partial charge on any atom is -0.385 e. The van der Waals surface area contributed by atoms with E-state index in [9.17, 15) is 0 Å². The lowest BCUT2D eigenvalue weighted by Gasteiger charge is -2.11. The zero-order valence-electron chi connectivity index (χ0n) is 12.2. The number of rotatable bonds is 10. The van der Waals surface area contributed by atoms with Crippen LogP contribution in [0.25, 0.3) is 0 Å². The van der Waals surface area contributed by atoms with Crippen LogP contribution in [0.2, 0.25) is 0 Å². The highest BCUT2D eigenvalue weighted by Crippen LogP contribution is 2.17. The maximum atomic E-state index is 3.59. The molecule has 0 radical (unpaired) electrons. The van der Waals surface area contributed by atoms with Crippen molar-refractivity contribution in [1.82, 2.24) is 0 Å². The molecule has 0 aromatic heterocycles. The second-order valence-corrected chi connectivity index (χ2v) is 5.10. The molecule has 0 bridgehead atoms. The van der Waals surface area contributed by atoms with Gasteiger partial charge in [-0.05, 0) is 24.5 Å². The molecule has 0 aliphatic rings. The van der Waals surface area contributed by atoms with E-state index in [2.05, 4.69) is 43.4 Å². The molecule has 0 saturated heterocycles. The zero-order chi connectivity index (χ0) is 13.1. The molecule has 0 spiro atoms. The third-order valence-corrected chi connectivity index (χ3v) is 3.38. The van der Waals surface area contributed by atoms with Gasteiger partial charge in [-0.1, -0.05) is 70.6 Å². The Labute approximate surface area is 113 Å². The number of unbranched alkanes of at least 4 members (excludes halogenated alkanes) is 5. The summed E-state index contributed by atoms with van der Waals surface area (Å²) < 4.78 is 0. The van der Waals surface area contributed by atoms with E-state index in [0.717, 1.165) is 6.54 Å². The fraction of sp³-hybridized carbons (Fsp3) is 0.647. The van der Waals surface area contributed by atoms with Gasteiger partial charge >= 0.3 is 0 Å². The first-order chi connectivity index (χ1) is 8.88. The van der Waals surface area contributed by atoms with Gasteiger partial charge in [0.1, 0.15) is 0 Å². The van der Waals surface area contributed by atoms with Gasteiger partial charge in [-0.3, -0.25) is 0 Å². The molecular weight excluding hydrogens is 218 g/mol. The van der Waals surface area contributed by atoms with Gasteiger partial charge in [0.25, 0.3) is 0 Å². The Kier molecular flexibility index (Phi) is 8.37. The van der Waals surface area contributed by atoms with Crippen LogP contribution in [-0.4, -0.2) is 6.54 Å². The maximum Gasteiger partial charge on any atom is 0.0372 e. The molecule has 0 heterocycles. The van der Waals surface area contributed by atoms with E-state index in [1.807, 2.05) is 0 Å². The summed E-state index contributed by atoms with van der Waals surface area (Å²) in [5.74, 6) is 0. The second-order valence-electron chi connectivity index (χ2n) is 5.10. The topological polar surface area (TPSA) is 12.0 Å². The molecule has 102 valence electrons. The van der Waals surface area contributed by atoms with Crippen molar-refractivity contribution in [1.29, 1.82) is 0 Å². The van der Waals surface area contributed by atoms with Crippen molar-refractivity contribution < 1.29 is 0 Å². The Balaban J connectivity index is 2.18. The molecule has 1 rings (SSSR count). The van der Waals surface area contributed by atoms with Gasteiger partial charge in [0, 0.05) is 12.2 Å². The Bertz CT molecular complexity index is 306. The lowest BCUT2D eigenvalue weighted by Crippen LogP contribution is -2.04. The standard InChI is InChI=1S/C17H29N/c1-3-5-6-7-8-11-15-18-17-14-10-9-13-16(17)12-4-2/h9-10,13-14,18H,3-8,11-12,15H2,1-2H3. The van der Waals surface area contributed by atoms with Crippen LogP contribution >= 0.6 is 0 Å². The van der Waals surface area contributed by atoms with Crippen LogP contribution in [0.4, 0.5) is 5.69 Å². The average Bonchev–Trinajstić information content (AvgIpc) is 2.40. The van der Waals surface area contributed by atoms with E-state index in [4.69, 9.17) is 0 Å². The van der Waals surface area contributed by atoms with Crippen molar-refractivity contribution >= 4 is 5.69 Å². The third-order valence-electron chi connectivity index (χ3n) is 3.38. The summed E-state index contributed by atoms with van der Waals surface area (Å²) in [5, 5.41) is 3.59. The van der Waals surface area contributed by atoms with Crippen LogP contribution in [0.3, 0.4) is 0 Å². The van der Waals surface area contributed by atoms with E-state index in [1.54, 1.807) is 0 Å². The summed E-state index contributed by atoms with van der Waals surface area (Å²) in [5.41, 5.74) is 2.80. The number of hydrogen-bond acceptors (Lipinski definition) is 1. The lowest BCUT2D eigenvalue weighted by molar-refractivity contribution is 0.617. The van der Waals surface area contributed by atoms with Crippen molar-refractivity contribution in [2.24, 2.45) is 0 Å². The minimum atomic E-state index is 1.12. The van der Waals surface area contributed by atoms with Crippen LogP contribution in [0.1, 0.15) is 64.4 Å². The third kappa shape index (κ3) is 6.09. The average molecular weight is 247 g/mol. The molecule has 0 aliphatic heterocycles. The second kappa shape index (κ2) is 9.99. The Morgan fingerprint density at radius 3 is 2.33 bits per heavy atom. The quantitative estimate of drug-likeness (QED) is 0.545. The van der Waals surface area contributed by atoms with E-state index in [-0.39, 0.29) is 0 Å². The van der Waals surface area contributed by atoms with Gasteiger partial charge in [0.2, 0.25) is 0 Å². The minimum absolute atomic E-state index is 1.12. The predicted molar refractivity (Wildman–Crippen MR) is 82.3 cm³/mol. The monoisotopic (exact) mass is 247 g/mol. The first-order valence-electron chi connectivity index (χ1n) is 7.70. The van der Waals surface area contributed by atoms with E-state index >= 15 is 0 Å². The maximum absolute atomic E-state index is 3.59. The molecule has 0 amide bonds. The molecule has 0 unspecified atom stereocenters. The summed E-state index contributed by atoms with van der Waals surface area (Å²) in [6, 6.07) is 8.72. The molecule has 1 nitrogen and oxygen atoms in total. The molecule has 0 saturated carbocycles. The van der Waals surface area contributed by atoms with E-state index in [1.165, 1.54) is 62.6 Å². The Morgan fingerprint density at radius 1 is 0.833 bits per heavy atom. The van der Waals surface area contributed by atoms with Gasteiger partial charge in [-0.25, -0.2) is 0 Å². The Hall–Kier alpha value is -0.980. The molecule has 18 heavy (non-hydrogen) atoms. The summed E-state index contributed by atoms with van der Waals surface area (Å²) in [6.45, 7) is 5.63. The molecule has 0 atom stereocenters. The molecule has 1 aromatic rings. The van der Waals surface area contributed by atoms with Crippen LogP contribution in [0, 0.1) is 0 Å². The SMILES string of the molecule is CCCCCCCCNc1ccccc1CCC. The summed E-state index contributed by atoms with van der Waals surface area (Å²) in [4.78, 5) is 0. The molecule has 0 aliphatic carbocycles. The molecule has 0 fully saturated rings. The zero-order valence-corrected chi connectivity index (χ0v) is 12.2. The summed E-state index contributed by atoms with van der Waals surface area (Å²) in [7, 11) is 0. The van der Waals surface area contributed by atoms with Crippen LogP contribution in [0.15, 0.2) is 24.3 Å². The first kappa shape index (κ1) is 15.1. The highest BCUT2D eigenvalue weighted by molar-refractivity contribution is 5.51. The van der Waals surface area contributed by atoms with E-state index in [0.29, 0.717) is 0 Å². The van der Waals surface area contributed by atoms with Gasteiger partial charge < -0.3 is 5.32 Å². The summed E-state index contributed by atoms with van der Waals surface area (Å²) >= 11 is 0. The number of aryl methyl sites for hydroxylation is 1. The number of anilines is 1. The van der Waals surface area contributed by atoms with Crippen molar-refractivity contribution in [3.05, 3.63) is 29.8 Å². The lowest BCUT2D eigenvalue weighted by atomic mass is 10.1. The highest BCUT2D eigenvalue weighted by atomic mass is 14.9. The Morgan fingerprint density at radius 2 is 1.56 bits per heavy atom. The van der Waals surface area contributed by atoms with Crippen LogP contribution < -0.4 is 5.32 Å². The fourth-order valence-corrected chi connectivity index (χ4v) is 2.31. The summed E-state index contributed by atoms with van der Waals surface area (Å²) in [6.07, 6.45) is 10.6. The number of hydrogen-bond donors (Lipinski definition) is 1. The normalized spacial score (nSPS) is 10.6. The number of para-hydroxylation sites is 1. The molecule has 1 aromatic carbocycles. The van der Waals surface area contributed by atoms with Gasteiger partial charge in [-0.15, -0.1) is 0 Å². The van der Waals surface area contributed by atoms with E-state index < -0.39 is 0 Å². The predicted octanol–water partition coefficient (Wildman–Crippen LogP) is 5.41. The largest absolute Gasteiger partial charge is 0.385 e. The molecule has 1 N–H and O–H groups in total. The van der Waals surface area contributed by atoms with Crippen LogP contribution in [-0.2, 0) is 6.42 Å². The van der Waals surface area contributed by atoms with Crippen LogP contribution in [0.5, 0.6) is 0 Å².